The van der Waals surface area contributed by atoms with Crippen LogP contribution in [0.2, 0.25) is 5.02 Å². The van der Waals surface area contributed by atoms with E-state index in [1.54, 1.807) is 12.1 Å². The summed E-state index contributed by atoms with van der Waals surface area (Å²) in [6.07, 6.45) is 2.21. The lowest BCUT2D eigenvalue weighted by molar-refractivity contribution is 0.157. The molecule has 0 spiro atoms. The van der Waals surface area contributed by atoms with Crippen LogP contribution < -0.4 is 5.32 Å². The predicted octanol–water partition coefficient (Wildman–Crippen LogP) is 3.43. The zero-order valence-corrected chi connectivity index (χ0v) is 13.2. The molecule has 1 saturated heterocycles. The van der Waals surface area contributed by atoms with Gasteiger partial charge in [0.25, 0.3) is 0 Å². The standard InChI is InChI=1S/C16H25ClN2O/c1-12(2)3-5-15(19-9-7-18-8-10-19)14-11-13(17)4-6-16(14)20/h4,6,11-12,15,18,20H,3,5,7-10H2,1-2H3/t15-/m1/s1. The summed E-state index contributed by atoms with van der Waals surface area (Å²) in [6, 6.07) is 5.64. The molecule has 0 radical (unpaired) electrons. The fraction of sp³-hybridized carbons (Fsp3) is 0.625. The Morgan fingerprint density at radius 1 is 1.25 bits per heavy atom. The van der Waals surface area contributed by atoms with E-state index >= 15 is 0 Å². The number of halogens is 1. The van der Waals surface area contributed by atoms with Gasteiger partial charge >= 0.3 is 0 Å². The number of benzene rings is 1. The Morgan fingerprint density at radius 2 is 1.95 bits per heavy atom. The molecule has 0 aliphatic carbocycles. The van der Waals surface area contributed by atoms with E-state index in [-0.39, 0.29) is 6.04 Å². The first kappa shape index (κ1) is 15.6. The number of piperazine rings is 1. The monoisotopic (exact) mass is 296 g/mol. The van der Waals surface area contributed by atoms with Crippen LogP contribution in [0.1, 0.15) is 38.3 Å². The summed E-state index contributed by atoms with van der Waals surface area (Å²) in [4.78, 5) is 2.46. The van der Waals surface area contributed by atoms with Crippen molar-refractivity contribution in [1.82, 2.24) is 10.2 Å². The highest BCUT2D eigenvalue weighted by Gasteiger charge is 2.24. The molecule has 1 aliphatic heterocycles. The largest absolute Gasteiger partial charge is 0.508 e. The first-order valence-electron chi connectivity index (χ1n) is 7.51. The predicted molar refractivity (Wildman–Crippen MR) is 84.4 cm³/mol. The molecule has 1 aromatic carbocycles. The van der Waals surface area contributed by atoms with Crippen molar-refractivity contribution in [1.29, 1.82) is 0 Å². The van der Waals surface area contributed by atoms with Crippen LogP contribution in [0.4, 0.5) is 0 Å². The molecule has 2 rings (SSSR count). The van der Waals surface area contributed by atoms with Gasteiger partial charge in [0.15, 0.2) is 0 Å². The van der Waals surface area contributed by atoms with Gasteiger partial charge in [0.1, 0.15) is 5.75 Å². The molecule has 1 heterocycles. The Bertz CT molecular complexity index is 430. The van der Waals surface area contributed by atoms with Gasteiger partial charge in [-0.2, -0.15) is 0 Å². The van der Waals surface area contributed by atoms with Crippen molar-refractivity contribution in [2.75, 3.05) is 26.2 Å². The van der Waals surface area contributed by atoms with Gasteiger partial charge in [0.2, 0.25) is 0 Å². The van der Waals surface area contributed by atoms with Crippen molar-refractivity contribution < 1.29 is 5.11 Å². The number of nitrogens with zero attached hydrogens (tertiary/aromatic N) is 1. The molecule has 0 saturated carbocycles. The fourth-order valence-electron chi connectivity index (χ4n) is 2.81. The van der Waals surface area contributed by atoms with Crippen LogP contribution in [0.25, 0.3) is 0 Å². The lowest BCUT2D eigenvalue weighted by Crippen LogP contribution is -2.45. The summed E-state index contributed by atoms with van der Waals surface area (Å²) in [6.45, 7) is 8.56. The number of aromatic hydroxyl groups is 1. The number of hydrogen-bond donors (Lipinski definition) is 2. The Balaban J connectivity index is 2.21. The lowest BCUT2D eigenvalue weighted by Gasteiger charge is -2.36. The SMILES string of the molecule is CC(C)CC[C@H](c1cc(Cl)ccc1O)N1CCNCC1. The second kappa shape index (κ2) is 7.30. The molecule has 0 amide bonds. The third-order valence-corrected chi connectivity index (χ3v) is 4.19. The summed E-state index contributed by atoms with van der Waals surface area (Å²) in [7, 11) is 0. The van der Waals surface area contributed by atoms with Gasteiger partial charge in [-0.25, -0.2) is 0 Å². The van der Waals surface area contributed by atoms with E-state index in [0.717, 1.165) is 44.6 Å². The van der Waals surface area contributed by atoms with Crippen molar-refractivity contribution in [3.8, 4) is 5.75 Å². The maximum absolute atomic E-state index is 10.2. The fourth-order valence-corrected chi connectivity index (χ4v) is 2.99. The van der Waals surface area contributed by atoms with Crippen LogP contribution in [0.5, 0.6) is 5.75 Å². The summed E-state index contributed by atoms with van der Waals surface area (Å²) >= 11 is 6.12. The van der Waals surface area contributed by atoms with Gasteiger partial charge in [0.05, 0.1) is 0 Å². The summed E-state index contributed by atoms with van der Waals surface area (Å²) < 4.78 is 0. The molecule has 4 heteroatoms. The second-order valence-corrected chi connectivity index (χ2v) is 6.41. The van der Waals surface area contributed by atoms with Gasteiger partial charge in [-0.3, -0.25) is 4.90 Å². The van der Waals surface area contributed by atoms with Crippen LogP contribution in [0, 0.1) is 5.92 Å². The van der Waals surface area contributed by atoms with Crippen LogP contribution in [0.15, 0.2) is 18.2 Å². The molecule has 0 bridgehead atoms. The van der Waals surface area contributed by atoms with Crippen molar-refractivity contribution in [3.63, 3.8) is 0 Å². The van der Waals surface area contributed by atoms with Crippen molar-refractivity contribution in [3.05, 3.63) is 28.8 Å². The molecule has 1 atom stereocenters. The molecule has 0 aromatic heterocycles. The van der Waals surface area contributed by atoms with Crippen molar-refractivity contribution in [2.24, 2.45) is 5.92 Å². The Hall–Kier alpha value is -0.770. The normalized spacial score (nSPS) is 18.4. The van der Waals surface area contributed by atoms with E-state index in [0.29, 0.717) is 16.7 Å². The van der Waals surface area contributed by atoms with E-state index in [2.05, 4.69) is 24.1 Å². The topological polar surface area (TPSA) is 35.5 Å². The third-order valence-electron chi connectivity index (χ3n) is 3.96. The zero-order chi connectivity index (χ0) is 14.5. The summed E-state index contributed by atoms with van der Waals surface area (Å²) in [5, 5.41) is 14.3. The lowest BCUT2D eigenvalue weighted by atomic mass is 9.95. The van der Waals surface area contributed by atoms with Gasteiger partial charge in [0, 0.05) is 42.8 Å². The minimum Gasteiger partial charge on any atom is -0.508 e. The maximum atomic E-state index is 10.2. The number of phenolic OH excluding ortho intramolecular Hbond substituents is 1. The average molecular weight is 297 g/mol. The van der Waals surface area contributed by atoms with Crippen molar-refractivity contribution >= 4 is 11.6 Å². The number of phenols is 1. The van der Waals surface area contributed by atoms with Gasteiger partial charge in [-0.15, -0.1) is 0 Å². The average Bonchev–Trinajstić information content (AvgIpc) is 2.43. The smallest absolute Gasteiger partial charge is 0.120 e. The molecule has 20 heavy (non-hydrogen) atoms. The van der Waals surface area contributed by atoms with E-state index in [1.807, 2.05) is 6.07 Å². The molecule has 1 aromatic rings. The van der Waals surface area contributed by atoms with E-state index in [9.17, 15) is 5.11 Å². The minimum atomic E-state index is 0.262. The van der Waals surface area contributed by atoms with Crippen LogP contribution >= 0.6 is 11.6 Å². The Morgan fingerprint density at radius 3 is 2.60 bits per heavy atom. The molecule has 1 aliphatic rings. The Labute approximate surface area is 126 Å². The highest BCUT2D eigenvalue weighted by atomic mass is 35.5. The van der Waals surface area contributed by atoms with Gasteiger partial charge in [-0.1, -0.05) is 25.4 Å². The molecule has 1 fully saturated rings. The van der Waals surface area contributed by atoms with E-state index in [1.165, 1.54) is 0 Å². The minimum absolute atomic E-state index is 0.262. The molecule has 2 N–H and O–H groups in total. The molecular weight excluding hydrogens is 272 g/mol. The molecule has 112 valence electrons. The van der Waals surface area contributed by atoms with Crippen molar-refractivity contribution in [2.45, 2.75) is 32.7 Å². The maximum Gasteiger partial charge on any atom is 0.120 e. The summed E-state index contributed by atoms with van der Waals surface area (Å²) in [5.74, 6) is 1.03. The summed E-state index contributed by atoms with van der Waals surface area (Å²) in [5.41, 5.74) is 0.972. The van der Waals surface area contributed by atoms with Gasteiger partial charge < -0.3 is 10.4 Å². The Kier molecular flexibility index (Phi) is 5.70. The van der Waals surface area contributed by atoms with Gasteiger partial charge in [-0.05, 0) is 37.0 Å². The first-order valence-corrected chi connectivity index (χ1v) is 7.89. The highest BCUT2D eigenvalue weighted by Crippen LogP contribution is 2.35. The highest BCUT2D eigenvalue weighted by molar-refractivity contribution is 6.30. The number of nitrogens with one attached hydrogen (secondary N) is 1. The second-order valence-electron chi connectivity index (χ2n) is 5.98. The molecular formula is C16H25ClN2O. The molecule has 3 nitrogen and oxygen atoms in total. The first-order chi connectivity index (χ1) is 9.58. The van der Waals surface area contributed by atoms with Crippen LogP contribution in [0.3, 0.4) is 0 Å². The van der Waals surface area contributed by atoms with E-state index < -0.39 is 0 Å². The molecule has 0 unspecified atom stereocenters. The van der Waals surface area contributed by atoms with E-state index in [4.69, 9.17) is 11.6 Å². The quantitative estimate of drug-likeness (QED) is 0.874. The third kappa shape index (κ3) is 4.11. The number of rotatable bonds is 5. The number of hydrogen-bond acceptors (Lipinski definition) is 3. The zero-order valence-electron chi connectivity index (χ0n) is 12.4. The van der Waals surface area contributed by atoms with Crippen LogP contribution in [-0.4, -0.2) is 36.2 Å². The van der Waals surface area contributed by atoms with Crippen LogP contribution in [-0.2, 0) is 0 Å².